The third-order valence-electron chi connectivity index (χ3n) is 3.24. The Morgan fingerprint density at radius 1 is 1.30 bits per heavy atom. The minimum atomic E-state index is -0.117. The highest BCUT2D eigenvalue weighted by Crippen LogP contribution is 2.07. The van der Waals surface area contributed by atoms with Gasteiger partial charge in [0.2, 0.25) is 11.8 Å². The molecule has 1 aromatic rings. The number of nitrogens with zero attached hydrogens (tertiary/aromatic N) is 1. The summed E-state index contributed by atoms with van der Waals surface area (Å²) >= 11 is 0. The molecule has 1 aliphatic heterocycles. The molecule has 6 nitrogen and oxygen atoms in total. The molecular formula is C14H20N4O2. The van der Waals surface area contributed by atoms with Gasteiger partial charge in [0.25, 0.3) is 0 Å². The van der Waals surface area contributed by atoms with Gasteiger partial charge in [-0.25, -0.2) is 0 Å². The number of nitrogens with one attached hydrogen (secondary N) is 3. The first-order chi connectivity index (χ1) is 9.75. The maximum atomic E-state index is 11.8. The monoisotopic (exact) mass is 276 g/mol. The second-order valence-electron chi connectivity index (χ2n) is 4.83. The third kappa shape index (κ3) is 4.62. The van der Waals surface area contributed by atoms with E-state index in [4.69, 9.17) is 0 Å². The number of piperidine rings is 1. The van der Waals surface area contributed by atoms with Gasteiger partial charge in [0.15, 0.2) is 0 Å². The standard InChI is InChI=1S/C14H20N4O2/c19-13(18-11-4-8-15-9-5-11)6-10-17-14(20)12-3-1-2-7-16-12/h4-5,8-9,12,16H,1-3,6-7,10H2,(H,17,20)(H,15,18,19)/t12-/m1/s1. The Bertz CT molecular complexity index is 444. The molecule has 1 saturated heterocycles. The predicted octanol–water partition coefficient (Wildman–Crippen LogP) is 0.668. The number of rotatable bonds is 5. The molecular weight excluding hydrogens is 256 g/mol. The third-order valence-corrected chi connectivity index (χ3v) is 3.24. The Morgan fingerprint density at radius 3 is 2.80 bits per heavy atom. The molecule has 1 aromatic heterocycles. The lowest BCUT2D eigenvalue weighted by Gasteiger charge is -2.22. The number of carbonyl (C=O) groups is 2. The molecule has 2 amide bonds. The van der Waals surface area contributed by atoms with Crippen molar-refractivity contribution in [2.75, 3.05) is 18.4 Å². The molecule has 1 fully saturated rings. The van der Waals surface area contributed by atoms with Crippen molar-refractivity contribution in [3.63, 3.8) is 0 Å². The summed E-state index contributed by atoms with van der Waals surface area (Å²) in [5.41, 5.74) is 0.713. The molecule has 108 valence electrons. The Kier molecular flexibility index (Phi) is 5.49. The van der Waals surface area contributed by atoms with Crippen molar-refractivity contribution in [3.05, 3.63) is 24.5 Å². The van der Waals surface area contributed by atoms with Crippen LogP contribution in [0.5, 0.6) is 0 Å². The lowest BCUT2D eigenvalue weighted by molar-refractivity contribution is -0.123. The smallest absolute Gasteiger partial charge is 0.237 e. The molecule has 3 N–H and O–H groups in total. The fraction of sp³-hybridized carbons (Fsp3) is 0.500. The summed E-state index contributed by atoms with van der Waals surface area (Å²) in [5, 5.41) is 8.72. The number of aromatic nitrogens is 1. The molecule has 0 saturated carbocycles. The molecule has 2 rings (SSSR count). The zero-order chi connectivity index (χ0) is 14.2. The zero-order valence-corrected chi connectivity index (χ0v) is 11.4. The average Bonchev–Trinajstić information content (AvgIpc) is 2.49. The summed E-state index contributed by atoms with van der Waals surface area (Å²) in [6.07, 6.45) is 6.57. The quantitative estimate of drug-likeness (QED) is 0.738. The highest BCUT2D eigenvalue weighted by molar-refractivity contribution is 5.91. The van der Waals surface area contributed by atoms with Crippen LogP contribution in [0.15, 0.2) is 24.5 Å². The van der Waals surface area contributed by atoms with Crippen molar-refractivity contribution >= 4 is 17.5 Å². The van der Waals surface area contributed by atoms with Gasteiger partial charge in [0.05, 0.1) is 6.04 Å². The largest absolute Gasteiger partial charge is 0.354 e. The highest BCUT2D eigenvalue weighted by Gasteiger charge is 2.19. The minimum Gasteiger partial charge on any atom is -0.354 e. The fourth-order valence-corrected chi connectivity index (χ4v) is 2.16. The van der Waals surface area contributed by atoms with E-state index in [-0.39, 0.29) is 24.3 Å². The van der Waals surface area contributed by atoms with Crippen molar-refractivity contribution in [2.24, 2.45) is 0 Å². The molecule has 0 bridgehead atoms. The summed E-state index contributed by atoms with van der Waals surface area (Å²) in [7, 11) is 0. The molecule has 20 heavy (non-hydrogen) atoms. The second kappa shape index (κ2) is 7.59. The van der Waals surface area contributed by atoms with Crippen molar-refractivity contribution in [1.82, 2.24) is 15.6 Å². The van der Waals surface area contributed by atoms with Gasteiger partial charge >= 0.3 is 0 Å². The van der Waals surface area contributed by atoms with E-state index >= 15 is 0 Å². The van der Waals surface area contributed by atoms with Crippen molar-refractivity contribution in [1.29, 1.82) is 0 Å². The molecule has 2 heterocycles. The molecule has 0 unspecified atom stereocenters. The zero-order valence-electron chi connectivity index (χ0n) is 11.4. The van der Waals surface area contributed by atoms with Crippen LogP contribution in [-0.2, 0) is 9.59 Å². The van der Waals surface area contributed by atoms with E-state index in [0.717, 1.165) is 25.8 Å². The van der Waals surface area contributed by atoms with Crippen LogP contribution in [-0.4, -0.2) is 35.9 Å². The van der Waals surface area contributed by atoms with E-state index in [1.807, 2.05) is 0 Å². The summed E-state index contributed by atoms with van der Waals surface area (Å²) in [4.78, 5) is 27.4. The number of hydrogen-bond acceptors (Lipinski definition) is 4. The predicted molar refractivity (Wildman–Crippen MR) is 76.1 cm³/mol. The number of anilines is 1. The van der Waals surface area contributed by atoms with E-state index in [1.54, 1.807) is 24.5 Å². The molecule has 1 aliphatic rings. The van der Waals surface area contributed by atoms with E-state index in [2.05, 4.69) is 20.9 Å². The molecule has 6 heteroatoms. The van der Waals surface area contributed by atoms with E-state index in [9.17, 15) is 9.59 Å². The van der Waals surface area contributed by atoms with Gasteiger partial charge in [-0.3, -0.25) is 14.6 Å². The lowest BCUT2D eigenvalue weighted by Crippen LogP contribution is -2.47. The van der Waals surface area contributed by atoms with Gasteiger partial charge in [0, 0.05) is 31.0 Å². The van der Waals surface area contributed by atoms with Crippen molar-refractivity contribution in [2.45, 2.75) is 31.7 Å². The van der Waals surface area contributed by atoms with Gasteiger partial charge in [-0.2, -0.15) is 0 Å². The van der Waals surface area contributed by atoms with Gasteiger partial charge < -0.3 is 16.0 Å². The van der Waals surface area contributed by atoms with E-state index < -0.39 is 0 Å². The minimum absolute atomic E-state index is 0.0126. The Balaban J connectivity index is 1.65. The van der Waals surface area contributed by atoms with Gasteiger partial charge in [-0.1, -0.05) is 6.42 Å². The topological polar surface area (TPSA) is 83.1 Å². The summed E-state index contributed by atoms with van der Waals surface area (Å²) in [5.74, 6) is -0.130. The Labute approximate surface area is 118 Å². The SMILES string of the molecule is O=C(CCNC(=O)[C@H]1CCCCN1)Nc1ccncc1. The van der Waals surface area contributed by atoms with Crippen LogP contribution in [0.1, 0.15) is 25.7 Å². The summed E-state index contributed by atoms with van der Waals surface area (Å²) < 4.78 is 0. The number of pyridine rings is 1. The van der Waals surface area contributed by atoms with E-state index in [0.29, 0.717) is 12.2 Å². The molecule has 0 aromatic carbocycles. The van der Waals surface area contributed by atoms with Crippen LogP contribution in [0.2, 0.25) is 0 Å². The molecule has 0 aliphatic carbocycles. The summed E-state index contributed by atoms with van der Waals surface area (Å²) in [6, 6.07) is 3.34. The Morgan fingerprint density at radius 2 is 2.10 bits per heavy atom. The van der Waals surface area contributed by atoms with Crippen molar-refractivity contribution < 1.29 is 9.59 Å². The van der Waals surface area contributed by atoms with Crippen molar-refractivity contribution in [3.8, 4) is 0 Å². The maximum Gasteiger partial charge on any atom is 0.237 e. The lowest BCUT2D eigenvalue weighted by atomic mass is 10.0. The van der Waals surface area contributed by atoms with Gasteiger partial charge in [-0.15, -0.1) is 0 Å². The van der Waals surface area contributed by atoms with Crippen LogP contribution < -0.4 is 16.0 Å². The van der Waals surface area contributed by atoms with E-state index in [1.165, 1.54) is 0 Å². The molecule has 0 spiro atoms. The number of hydrogen-bond donors (Lipinski definition) is 3. The van der Waals surface area contributed by atoms with Gasteiger partial charge in [-0.05, 0) is 31.5 Å². The van der Waals surface area contributed by atoms with Gasteiger partial charge in [0.1, 0.15) is 0 Å². The molecule has 0 radical (unpaired) electrons. The summed E-state index contributed by atoms with van der Waals surface area (Å²) in [6.45, 7) is 1.24. The normalized spacial score (nSPS) is 18.3. The number of amides is 2. The first kappa shape index (κ1) is 14.5. The fourth-order valence-electron chi connectivity index (χ4n) is 2.16. The maximum absolute atomic E-state index is 11.8. The molecule has 1 atom stereocenters. The average molecular weight is 276 g/mol. The Hall–Kier alpha value is -1.95. The number of carbonyl (C=O) groups excluding carboxylic acids is 2. The van der Waals surface area contributed by atoms with Crippen LogP contribution >= 0.6 is 0 Å². The first-order valence-electron chi connectivity index (χ1n) is 6.96. The van der Waals surface area contributed by atoms with Crippen LogP contribution in [0.4, 0.5) is 5.69 Å². The highest BCUT2D eigenvalue weighted by atomic mass is 16.2. The van der Waals surface area contributed by atoms with Crippen LogP contribution in [0.3, 0.4) is 0 Å². The van der Waals surface area contributed by atoms with Crippen LogP contribution in [0, 0.1) is 0 Å². The second-order valence-corrected chi connectivity index (χ2v) is 4.83. The first-order valence-corrected chi connectivity index (χ1v) is 6.96. The van der Waals surface area contributed by atoms with Crippen LogP contribution in [0.25, 0.3) is 0 Å².